The number of nitrogens with zero attached hydrogens (tertiary/aromatic N) is 3. The number of rotatable bonds is 4. The van der Waals surface area contributed by atoms with Gasteiger partial charge in [0.1, 0.15) is 11.2 Å². The molecule has 9 rings (SSSR count). The first-order chi connectivity index (χ1) is 21.8. The van der Waals surface area contributed by atoms with Crippen molar-refractivity contribution in [1.29, 1.82) is 0 Å². The smallest absolute Gasteiger partial charge is 0.165 e. The van der Waals surface area contributed by atoms with Gasteiger partial charge in [-0.15, -0.1) is 11.3 Å². The van der Waals surface area contributed by atoms with Crippen LogP contribution in [0.5, 0.6) is 0 Å². The van der Waals surface area contributed by atoms with E-state index < -0.39 is 0 Å². The van der Waals surface area contributed by atoms with Crippen LogP contribution >= 0.6 is 11.3 Å². The fourth-order valence-electron chi connectivity index (χ4n) is 6.05. The van der Waals surface area contributed by atoms with Gasteiger partial charge < -0.3 is 4.42 Å². The van der Waals surface area contributed by atoms with Crippen molar-refractivity contribution in [2.45, 2.75) is 0 Å². The van der Waals surface area contributed by atoms with E-state index in [1.807, 2.05) is 36.4 Å². The molecule has 6 aromatic carbocycles. The number of fused-ring (bicyclic) bond motifs is 6. The molecule has 0 unspecified atom stereocenters. The van der Waals surface area contributed by atoms with Crippen molar-refractivity contribution in [3.63, 3.8) is 0 Å². The lowest BCUT2D eigenvalue weighted by molar-refractivity contribution is 0.670. The predicted molar refractivity (Wildman–Crippen MR) is 182 cm³/mol. The van der Waals surface area contributed by atoms with Crippen LogP contribution in [0.1, 0.15) is 0 Å². The second-order valence-corrected chi connectivity index (χ2v) is 11.9. The number of aromatic nitrogens is 3. The third-order valence-electron chi connectivity index (χ3n) is 8.15. The minimum atomic E-state index is 0.609. The van der Waals surface area contributed by atoms with Gasteiger partial charge in [-0.25, -0.2) is 15.0 Å². The van der Waals surface area contributed by atoms with Crippen molar-refractivity contribution >= 4 is 53.4 Å². The second kappa shape index (κ2) is 9.97. The molecule has 0 aliphatic carbocycles. The fraction of sp³-hybridized carbons (Fsp3) is 0. The normalized spacial score (nSPS) is 11.6. The standard InChI is InChI=1S/C39H23N3OS/c1-3-11-24(12-4-1)27-16-9-17-30-28-22-21-26(23-33(28)43-35(27)30)38-40-37(25-13-5-2-6-14-25)41-39(42-38)32-19-10-18-31-29-15-7-8-20-34(29)44-36(31)32/h1-23H. The Kier molecular flexibility index (Phi) is 5.64. The first kappa shape index (κ1) is 24.9. The molecule has 0 saturated carbocycles. The lowest BCUT2D eigenvalue weighted by atomic mass is 10.0. The van der Waals surface area contributed by atoms with Crippen LogP contribution in [0.15, 0.2) is 144 Å². The number of hydrogen-bond donors (Lipinski definition) is 0. The molecule has 44 heavy (non-hydrogen) atoms. The minimum absolute atomic E-state index is 0.609. The molecule has 0 saturated heterocycles. The van der Waals surface area contributed by atoms with Crippen molar-refractivity contribution in [3.8, 4) is 45.3 Å². The summed E-state index contributed by atoms with van der Waals surface area (Å²) in [6, 6.07) is 47.9. The van der Waals surface area contributed by atoms with Gasteiger partial charge in [0.05, 0.1) is 0 Å². The van der Waals surface area contributed by atoms with Crippen LogP contribution in [0.4, 0.5) is 0 Å². The zero-order chi connectivity index (χ0) is 29.0. The molecule has 0 fully saturated rings. The Morgan fingerprint density at radius 2 is 1.07 bits per heavy atom. The van der Waals surface area contributed by atoms with Gasteiger partial charge in [-0.2, -0.15) is 0 Å². The topological polar surface area (TPSA) is 51.8 Å². The van der Waals surface area contributed by atoms with Crippen molar-refractivity contribution in [2.75, 3.05) is 0 Å². The number of thiophene rings is 1. The Morgan fingerprint density at radius 3 is 1.89 bits per heavy atom. The van der Waals surface area contributed by atoms with Crippen molar-refractivity contribution in [1.82, 2.24) is 15.0 Å². The average Bonchev–Trinajstić information content (AvgIpc) is 3.67. The third-order valence-corrected chi connectivity index (χ3v) is 9.37. The van der Waals surface area contributed by atoms with E-state index in [-0.39, 0.29) is 0 Å². The highest BCUT2D eigenvalue weighted by Crippen LogP contribution is 2.40. The van der Waals surface area contributed by atoms with Gasteiger partial charge in [0.2, 0.25) is 0 Å². The summed E-state index contributed by atoms with van der Waals surface area (Å²) >= 11 is 1.77. The van der Waals surface area contributed by atoms with Crippen LogP contribution < -0.4 is 0 Å². The zero-order valence-corrected chi connectivity index (χ0v) is 24.3. The maximum absolute atomic E-state index is 6.55. The van der Waals surface area contributed by atoms with E-state index in [0.29, 0.717) is 17.5 Å². The highest BCUT2D eigenvalue weighted by molar-refractivity contribution is 7.26. The first-order valence-electron chi connectivity index (χ1n) is 14.5. The Hall–Kier alpha value is -5.65. The number of benzene rings is 6. The van der Waals surface area contributed by atoms with Gasteiger partial charge in [-0.05, 0) is 29.8 Å². The molecular formula is C39H23N3OS. The fourth-order valence-corrected chi connectivity index (χ4v) is 7.26. The molecule has 0 bridgehead atoms. The van der Waals surface area contributed by atoms with Gasteiger partial charge in [-0.3, -0.25) is 0 Å². The molecule has 3 heterocycles. The van der Waals surface area contributed by atoms with Gasteiger partial charge in [0.25, 0.3) is 0 Å². The van der Waals surface area contributed by atoms with Crippen LogP contribution in [-0.4, -0.2) is 15.0 Å². The molecular weight excluding hydrogens is 559 g/mol. The van der Waals surface area contributed by atoms with E-state index in [1.165, 1.54) is 20.2 Å². The Morgan fingerprint density at radius 1 is 0.432 bits per heavy atom. The summed E-state index contributed by atoms with van der Waals surface area (Å²) < 4.78 is 8.97. The molecule has 0 aliphatic rings. The minimum Gasteiger partial charge on any atom is -0.455 e. The molecule has 0 amide bonds. The maximum Gasteiger partial charge on any atom is 0.165 e. The summed E-state index contributed by atoms with van der Waals surface area (Å²) in [7, 11) is 0. The monoisotopic (exact) mass is 581 g/mol. The van der Waals surface area contributed by atoms with Gasteiger partial charge in [0, 0.05) is 53.2 Å². The van der Waals surface area contributed by atoms with E-state index >= 15 is 0 Å². The molecule has 9 aromatic rings. The quantitative estimate of drug-likeness (QED) is 0.207. The van der Waals surface area contributed by atoms with Crippen LogP contribution in [0.25, 0.3) is 87.4 Å². The molecule has 0 N–H and O–H groups in total. The summed E-state index contributed by atoms with van der Waals surface area (Å²) in [5.41, 5.74) is 6.70. The first-order valence-corrected chi connectivity index (χ1v) is 15.3. The molecule has 0 atom stereocenters. The Bertz CT molecular complexity index is 2500. The lowest BCUT2D eigenvalue weighted by Crippen LogP contribution is -2.00. The predicted octanol–water partition coefficient (Wildman–Crippen LogP) is 10.8. The largest absolute Gasteiger partial charge is 0.455 e. The Balaban J connectivity index is 1.25. The molecule has 3 aromatic heterocycles. The lowest BCUT2D eigenvalue weighted by Gasteiger charge is -2.09. The van der Waals surface area contributed by atoms with Crippen LogP contribution in [0.2, 0.25) is 0 Å². The molecule has 0 spiro atoms. The van der Waals surface area contributed by atoms with Crippen LogP contribution in [-0.2, 0) is 0 Å². The third kappa shape index (κ3) is 4.02. The van der Waals surface area contributed by atoms with E-state index in [4.69, 9.17) is 19.4 Å². The van der Waals surface area contributed by atoms with Crippen molar-refractivity contribution in [2.24, 2.45) is 0 Å². The number of para-hydroxylation sites is 1. The summed E-state index contributed by atoms with van der Waals surface area (Å²) in [4.78, 5) is 15.1. The van der Waals surface area contributed by atoms with Gasteiger partial charge in [0.15, 0.2) is 17.5 Å². The molecule has 5 heteroatoms. The summed E-state index contributed by atoms with van der Waals surface area (Å²) in [6.45, 7) is 0. The SMILES string of the molecule is c1ccc(-c2nc(-c3ccc4c(c3)oc3c(-c5ccccc5)cccc34)nc(-c3cccc4c3sc3ccccc34)n2)cc1. The van der Waals surface area contributed by atoms with Crippen molar-refractivity contribution in [3.05, 3.63) is 140 Å². The van der Waals surface area contributed by atoms with Crippen LogP contribution in [0.3, 0.4) is 0 Å². The van der Waals surface area contributed by atoms with Gasteiger partial charge >= 0.3 is 0 Å². The summed E-state index contributed by atoms with van der Waals surface area (Å²) in [5.74, 6) is 1.90. The summed E-state index contributed by atoms with van der Waals surface area (Å²) in [5, 5.41) is 4.61. The van der Waals surface area contributed by atoms with E-state index in [1.54, 1.807) is 11.3 Å². The molecule has 206 valence electrons. The molecule has 4 nitrogen and oxygen atoms in total. The maximum atomic E-state index is 6.55. The number of hydrogen-bond acceptors (Lipinski definition) is 5. The van der Waals surface area contributed by atoms with Gasteiger partial charge in [-0.1, -0.05) is 115 Å². The highest BCUT2D eigenvalue weighted by Gasteiger charge is 2.18. The highest BCUT2D eigenvalue weighted by atomic mass is 32.1. The van der Waals surface area contributed by atoms with Crippen molar-refractivity contribution < 1.29 is 4.42 Å². The summed E-state index contributed by atoms with van der Waals surface area (Å²) in [6.07, 6.45) is 0. The van der Waals surface area contributed by atoms with E-state index in [0.717, 1.165) is 49.8 Å². The molecule has 0 radical (unpaired) electrons. The van der Waals surface area contributed by atoms with E-state index in [2.05, 4.69) is 103 Å². The van der Waals surface area contributed by atoms with Crippen LogP contribution in [0, 0.1) is 0 Å². The Labute approximate surface area is 256 Å². The zero-order valence-electron chi connectivity index (χ0n) is 23.4. The molecule has 0 aliphatic heterocycles. The van der Waals surface area contributed by atoms with E-state index in [9.17, 15) is 0 Å². The second-order valence-electron chi connectivity index (χ2n) is 10.8. The average molecular weight is 582 g/mol. The number of furan rings is 1.